The molecule has 0 aliphatic heterocycles. The molecule has 0 saturated carbocycles. The zero-order chi connectivity index (χ0) is 17.1. The summed E-state index contributed by atoms with van der Waals surface area (Å²) in [6, 6.07) is 6.11. The van der Waals surface area contributed by atoms with Gasteiger partial charge in [-0.1, -0.05) is 0 Å². The molecule has 2 aromatic heterocycles. The highest BCUT2D eigenvalue weighted by atomic mass is 32.1. The molecular formula is C16H14N2O5S. The molecular weight excluding hydrogens is 332 g/mol. The Morgan fingerprint density at radius 1 is 1.17 bits per heavy atom. The number of fused-ring (bicyclic) bond motifs is 1. The topological polar surface area (TPSA) is 79.1 Å². The van der Waals surface area contributed by atoms with Gasteiger partial charge in [0.15, 0.2) is 4.96 Å². The highest BCUT2D eigenvalue weighted by Crippen LogP contribution is 2.23. The third-order valence-electron chi connectivity index (χ3n) is 3.29. The Morgan fingerprint density at radius 2 is 1.88 bits per heavy atom. The van der Waals surface area contributed by atoms with Crippen molar-refractivity contribution in [2.24, 2.45) is 0 Å². The van der Waals surface area contributed by atoms with Crippen LogP contribution in [0.2, 0.25) is 0 Å². The van der Waals surface area contributed by atoms with Gasteiger partial charge in [-0.15, -0.1) is 11.3 Å². The van der Waals surface area contributed by atoms with E-state index in [9.17, 15) is 9.59 Å². The molecule has 1 aromatic carbocycles. The molecule has 24 heavy (non-hydrogen) atoms. The van der Waals surface area contributed by atoms with Crippen molar-refractivity contribution in [3.05, 3.63) is 57.5 Å². The number of ether oxygens (including phenoxy) is 3. The lowest BCUT2D eigenvalue weighted by Gasteiger charge is -2.08. The van der Waals surface area contributed by atoms with Crippen LogP contribution < -0.4 is 15.0 Å². The van der Waals surface area contributed by atoms with E-state index in [1.807, 2.05) is 0 Å². The molecule has 0 spiro atoms. The number of methoxy groups -OCH3 is 2. The molecule has 0 aliphatic rings. The van der Waals surface area contributed by atoms with E-state index >= 15 is 0 Å². The minimum Gasteiger partial charge on any atom is -0.497 e. The van der Waals surface area contributed by atoms with E-state index in [2.05, 4.69) is 4.98 Å². The van der Waals surface area contributed by atoms with Crippen LogP contribution in [0.1, 0.15) is 16.1 Å². The van der Waals surface area contributed by atoms with Gasteiger partial charge in [0.25, 0.3) is 5.56 Å². The van der Waals surface area contributed by atoms with Gasteiger partial charge < -0.3 is 14.2 Å². The largest absolute Gasteiger partial charge is 0.497 e. The number of carbonyl (C=O) groups excluding carboxylic acids is 1. The fourth-order valence-corrected chi connectivity index (χ4v) is 2.85. The molecule has 124 valence electrons. The summed E-state index contributed by atoms with van der Waals surface area (Å²) in [5.74, 6) is 0.413. The number of rotatable bonds is 5. The van der Waals surface area contributed by atoms with Crippen molar-refractivity contribution in [1.82, 2.24) is 9.38 Å². The van der Waals surface area contributed by atoms with Crippen LogP contribution in [0.15, 0.2) is 40.6 Å². The van der Waals surface area contributed by atoms with Crippen LogP contribution in [0.3, 0.4) is 0 Å². The molecule has 0 fully saturated rings. The van der Waals surface area contributed by atoms with Crippen LogP contribution in [0.5, 0.6) is 11.5 Å². The Bertz CT molecular complexity index is 925. The van der Waals surface area contributed by atoms with Gasteiger partial charge in [-0.25, -0.2) is 9.78 Å². The maximum Gasteiger partial charge on any atom is 0.338 e. The smallest absolute Gasteiger partial charge is 0.338 e. The van der Waals surface area contributed by atoms with Crippen LogP contribution in [0, 0.1) is 0 Å². The first-order chi connectivity index (χ1) is 11.6. The molecule has 0 N–H and O–H groups in total. The van der Waals surface area contributed by atoms with Gasteiger partial charge in [-0.3, -0.25) is 9.20 Å². The second-order valence-electron chi connectivity index (χ2n) is 4.82. The number of esters is 1. The Hall–Kier alpha value is -2.87. The number of thiazole rings is 1. The second kappa shape index (κ2) is 6.71. The van der Waals surface area contributed by atoms with Crippen LogP contribution >= 0.6 is 11.3 Å². The number of aromatic nitrogens is 2. The maximum atomic E-state index is 12.2. The van der Waals surface area contributed by atoms with E-state index in [1.54, 1.807) is 29.8 Å². The van der Waals surface area contributed by atoms with E-state index in [0.717, 1.165) is 0 Å². The summed E-state index contributed by atoms with van der Waals surface area (Å²) in [5, 5.41) is 1.77. The zero-order valence-electron chi connectivity index (χ0n) is 13.0. The molecule has 0 aliphatic carbocycles. The zero-order valence-corrected chi connectivity index (χ0v) is 13.8. The molecule has 0 bridgehead atoms. The third-order valence-corrected chi connectivity index (χ3v) is 4.05. The second-order valence-corrected chi connectivity index (χ2v) is 5.69. The van der Waals surface area contributed by atoms with Crippen LogP contribution in [0.4, 0.5) is 0 Å². The lowest BCUT2D eigenvalue weighted by atomic mass is 10.2. The van der Waals surface area contributed by atoms with Crippen LogP contribution in [-0.2, 0) is 11.3 Å². The Labute approximate surface area is 141 Å². The Kier molecular flexibility index (Phi) is 4.48. The fourth-order valence-electron chi connectivity index (χ4n) is 2.11. The minimum absolute atomic E-state index is 0.0952. The summed E-state index contributed by atoms with van der Waals surface area (Å²) in [7, 11) is 3.00. The van der Waals surface area contributed by atoms with Crippen molar-refractivity contribution < 1.29 is 19.0 Å². The van der Waals surface area contributed by atoms with Crippen molar-refractivity contribution in [2.45, 2.75) is 6.61 Å². The van der Waals surface area contributed by atoms with Crippen molar-refractivity contribution in [2.75, 3.05) is 14.2 Å². The lowest BCUT2D eigenvalue weighted by Crippen LogP contribution is -2.14. The van der Waals surface area contributed by atoms with Gasteiger partial charge in [0.2, 0.25) is 0 Å². The maximum absolute atomic E-state index is 12.2. The van der Waals surface area contributed by atoms with Crippen molar-refractivity contribution in [3.63, 3.8) is 0 Å². The Morgan fingerprint density at radius 3 is 2.54 bits per heavy atom. The van der Waals surface area contributed by atoms with Crippen molar-refractivity contribution in [3.8, 4) is 11.5 Å². The average molecular weight is 346 g/mol. The molecule has 0 atom stereocenters. The van der Waals surface area contributed by atoms with Gasteiger partial charge in [0.1, 0.15) is 18.1 Å². The van der Waals surface area contributed by atoms with Gasteiger partial charge in [0, 0.05) is 23.7 Å². The number of hydrogen-bond donors (Lipinski definition) is 0. The molecule has 8 heteroatoms. The molecule has 2 heterocycles. The first-order valence-corrected chi connectivity index (χ1v) is 7.84. The minimum atomic E-state index is -0.555. The highest BCUT2D eigenvalue weighted by Gasteiger charge is 2.12. The van der Waals surface area contributed by atoms with E-state index < -0.39 is 5.97 Å². The summed E-state index contributed by atoms with van der Waals surface area (Å²) in [4.78, 5) is 28.9. The van der Waals surface area contributed by atoms with Gasteiger partial charge in [-0.05, 0) is 12.1 Å². The van der Waals surface area contributed by atoms with Crippen molar-refractivity contribution in [1.29, 1.82) is 0 Å². The molecule has 7 nitrogen and oxygen atoms in total. The summed E-state index contributed by atoms with van der Waals surface area (Å²) < 4.78 is 16.9. The number of nitrogens with zero attached hydrogens (tertiary/aromatic N) is 2. The number of hydrogen-bond acceptors (Lipinski definition) is 7. The molecule has 0 unspecified atom stereocenters. The van der Waals surface area contributed by atoms with Crippen LogP contribution in [-0.4, -0.2) is 29.6 Å². The fraction of sp³-hybridized carbons (Fsp3) is 0.188. The summed E-state index contributed by atoms with van der Waals surface area (Å²) in [5.41, 5.74) is 0.473. The number of carbonyl (C=O) groups is 1. The van der Waals surface area contributed by atoms with E-state index in [-0.39, 0.29) is 12.2 Å². The van der Waals surface area contributed by atoms with Gasteiger partial charge >= 0.3 is 5.97 Å². The summed E-state index contributed by atoms with van der Waals surface area (Å²) >= 11 is 1.33. The Balaban J connectivity index is 1.78. The molecule has 0 saturated heterocycles. The standard InChI is InChI=1S/C16H14N2O5S/c1-21-12-5-10(6-13(8-12)22-2)15(20)23-9-11-7-14(19)18-3-4-24-16(18)17-11/h3-8H,9H2,1-2H3. The quantitative estimate of drug-likeness (QED) is 0.659. The van der Waals surface area contributed by atoms with E-state index in [4.69, 9.17) is 14.2 Å². The first kappa shape index (κ1) is 16.0. The highest BCUT2D eigenvalue weighted by molar-refractivity contribution is 7.15. The normalized spacial score (nSPS) is 10.6. The lowest BCUT2D eigenvalue weighted by molar-refractivity contribution is 0.0467. The van der Waals surface area contributed by atoms with E-state index in [0.29, 0.717) is 27.7 Å². The SMILES string of the molecule is COc1cc(OC)cc(C(=O)OCc2cc(=O)n3ccsc3n2)c1. The summed E-state index contributed by atoms with van der Waals surface area (Å²) in [6.45, 7) is -0.0952. The van der Waals surface area contributed by atoms with Gasteiger partial charge in [0.05, 0.1) is 25.5 Å². The molecule has 3 rings (SSSR count). The first-order valence-electron chi connectivity index (χ1n) is 6.96. The summed E-state index contributed by atoms with van der Waals surface area (Å²) in [6.07, 6.45) is 1.65. The van der Waals surface area contributed by atoms with Gasteiger partial charge in [-0.2, -0.15) is 0 Å². The van der Waals surface area contributed by atoms with Crippen LogP contribution in [0.25, 0.3) is 4.96 Å². The monoisotopic (exact) mass is 346 g/mol. The third kappa shape index (κ3) is 3.23. The number of benzene rings is 1. The van der Waals surface area contributed by atoms with E-state index in [1.165, 1.54) is 36.0 Å². The predicted molar refractivity (Wildman–Crippen MR) is 88.0 cm³/mol. The average Bonchev–Trinajstić information content (AvgIpc) is 3.08. The van der Waals surface area contributed by atoms with Crippen molar-refractivity contribution >= 4 is 22.3 Å². The molecule has 0 amide bonds. The molecule has 3 aromatic rings. The predicted octanol–water partition coefficient (Wildman–Crippen LogP) is 2.13. The molecule has 0 radical (unpaired) electrons.